The maximum absolute atomic E-state index is 13.0. The molecule has 5 rings (SSSR count). The summed E-state index contributed by atoms with van der Waals surface area (Å²) in [5, 5.41) is 9.31. The largest absolute Gasteiger partial charge is 0.336 e. The Morgan fingerprint density at radius 3 is 2.45 bits per heavy atom. The van der Waals surface area contributed by atoms with E-state index in [4.69, 9.17) is 11.6 Å². The second-order valence-corrected chi connectivity index (χ2v) is 8.17. The predicted octanol–water partition coefficient (Wildman–Crippen LogP) is 5.35. The molecule has 31 heavy (non-hydrogen) atoms. The number of hydrogen-bond donors (Lipinski definition) is 0. The monoisotopic (exact) mass is 428 g/mol. The van der Waals surface area contributed by atoms with Crippen molar-refractivity contribution in [3.63, 3.8) is 0 Å². The Balaban J connectivity index is 1.27. The number of hydrogen-bond acceptors (Lipinski definition) is 3. The zero-order valence-electron chi connectivity index (χ0n) is 16.9. The number of rotatable bonds is 4. The number of carbonyl (C=O) groups excluding carboxylic acids is 1. The van der Waals surface area contributed by atoms with E-state index in [9.17, 15) is 4.79 Å². The van der Waals surface area contributed by atoms with Gasteiger partial charge in [-0.3, -0.25) is 4.79 Å². The molecule has 1 unspecified atom stereocenters. The Bertz CT molecular complexity index is 1200. The highest BCUT2D eigenvalue weighted by atomic mass is 35.5. The van der Waals surface area contributed by atoms with Gasteiger partial charge in [-0.1, -0.05) is 71.4 Å². The number of aromatic nitrogens is 3. The van der Waals surface area contributed by atoms with Crippen molar-refractivity contribution >= 4 is 17.5 Å². The third kappa shape index (κ3) is 4.09. The summed E-state index contributed by atoms with van der Waals surface area (Å²) < 4.78 is 1.89. The number of likely N-dealkylation sites (tertiary alicyclic amines) is 1. The van der Waals surface area contributed by atoms with Gasteiger partial charge in [-0.25, -0.2) is 4.68 Å². The SMILES string of the molecule is O=C(c1ccc(-c2cccc(Cl)c2)cc1)N1CCC(n2cc(-c3ccccc3)nn2)C1. The molecule has 3 aromatic carbocycles. The fraction of sp³-hybridized carbons (Fsp3) is 0.160. The summed E-state index contributed by atoms with van der Waals surface area (Å²) in [6.45, 7) is 1.34. The molecule has 1 saturated heterocycles. The van der Waals surface area contributed by atoms with E-state index in [-0.39, 0.29) is 11.9 Å². The molecule has 1 atom stereocenters. The lowest BCUT2D eigenvalue weighted by Gasteiger charge is -2.17. The summed E-state index contributed by atoms with van der Waals surface area (Å²) in [6.07, 6.45) is 2.83. The summed E-state index contributed by atoms with van der Waals surface area (Å²) in [5.74, 6) is 0.0449. The molecule has 2 heterocycles. The lowest BCUT2D eigenvalue weighted by atomic mass is 10.0. The van der Waals surface area contributed by atoms with Crippen LogP contribution in [0.25, 0.3) is 22.4 Å². The van der Waals surface area contributed by atoms with Crippen LogP contribution in [0.1, 0.15) is 22.8 Å². The molecule has 4 aromatic rings. The third-order valence-electron chi connectivity index (χ3n) is 5.69. The minimum absolute atomic E-state index is 0.0449. The number of carbonyl (C=O) groups is 1. The van der Waals surface area contributed by atoms with Crippen LogP contribution in [-0.4, -0.2) is 38.9 Å². The predicted molar refractivity (Wildman–Crippen MR) is 122 cm³/mol. The first kappa shape index (κ1) is 19.5. The van der Waals surface area contributed by atoms with E-state index in [1.807, 2.05) is 94.6 Å². The highest BCUT2D eigenvalue weighted by Gasteiger charge is 2.29. The van der Waals surface area contributed by atoms with Gasteiger partial charge >= 0.3 is 0 Å². The Labute approximate surface area is 185 Å². The average molecular weight is 429 g/mol. The molecule has 1 amide bonds. The van der Waals surface area contributed by atoms with E-state index in [0.717, 1.165) is 28.8 Å². The van der Waals surface area contributed by atoms with Gasteiger partial charge < -0.3 is 4.90 Å². The maximum Gasteiger partial charge on any atom is 0.253 e. The number of halogens is 1. The molecule has 154 valence electrons. The molecular weight excluding hydrogens is 408 g/mol. The summed E-state index contributed by atoms with van der Waals surface area (Å²) in [6, 6.07) is 25.5. The van der Waals surface area contributed by atoms with Crippen molar-refractivity contribution in [1.82, 2.24) is 19.9 Å². The van der Waals surface area contributed by atoms with Crippen LogP contribution in [0.3, 0.4) is 0 Å². The molecule has 0 aliphatic carbocycles. The molecule has 1 aromatic heterocycles. The van der Waals surface area contributed by atoms with Crippen molar-refractivity contribution in [2.45, 2.75) is 12.5 Å². The summed E-state index contributed by atoms with van der Waals surface area (Å²) >= 11 is 6.09. The fourth-order valence-electron chi connectivity index (χ4n) is 3.99. The van der Waals surface area contributed by atoms with Gasteiger partial charge in [0.15, 0.2) is 0 Å². The van der Waals surface area contributed by atoms with Gasteiger partial charge in [-0.2, -0.15) is 0 Å². The van der Waals surface area contributed by atoms with E-state index >= 15 is 0 Å². The van der Waals surface area contributed by atoms with Gasteiger partial charge in [-0.15, -0.1) is 5.10 Å². The number of amides is 1. The Kier molecular flexibility index (Phi) is 5.26. The Morgan fingerprint density at radius 1 is 0.903 bits per heavy atom. The first-order valence-electron chi connectivity index (χ1n) is 10.3. The molecule has 0 bridgehead atoms. The van der Waals surface area contributed by atoms with Crippen molar-refractivity contribution in [2.75, 3.05) is 13.1 Å². The van der Waals surface area contributed by atoms with E-state index in [0.29, 0.717) is 23.7 Å². The molecule has 0 spiro atoms. The van der Waals surface area contributed by atoms with Crippen LogP contribution in [0.5, 0.6) is 0 Å². The summed E-state index contributed by atoms with van der Waals surface area (Å²) in [5.41, 5.74) is 4.65. The van der Waals surface area contributed by atoms with Crippen LogP contribution in [0.15, 0.2) is 85.1 Å². The Hall–Kier alpha value is -3.44. The van der Waals surface area contributed by atoms with Gasteiger partial charge in [0.05, 0.1) is 12.2 Å². The Morgan fingerprint density at radius 2 is 1.68 bits per heavy atom. The van der Waals surface area contributed by atoms with E-state index in [1.54, 1.807) is 0 Å². The van der Waals surface area contributed by atoms with Crippen molar-refractivity contribution < 1.29 is 4.79 Å². The van der Waals surface area contributed by atoms with Crippen LogP contribution in [-0.2, 0) is 0 Å². The number of nitrogens with zero attached hydrogens (tertiary/aromatic N) is 4. The van der Waals surface area contributed by atoms with Crippen LogP contribution >= 0.6 is 11.6 Å². The number of benzene rings is 3. The van der Waals surface area contributed by atoms with Crippen LogP contribution in [0, 0.1) is 0 Å². The van der Waals surface area contributed by atoms with E-state index in [1.165, 1.54) is 0 Å². The standard InChI is InChI=1S/C25H21ClN4O/c26-22-8-4-7-21(15-22)18-9-11-20(12-10-18)25(31)29-14-13-23(16-29)30-17-24(27-28-30)19-5-2-1-3-6-19/h1-12,15,17,23H,13-14,16H2. The van der Waals surface area contributed by atoms with Crippen molar-refractivity contribution in [2.24, 2.45) is 0 Å². The normalized spacial score (nSPS) is 15.9. The lowest BCUT2D eigenvalue weighted by Crippen LogP contribution is -2.29. The average Bonchev–Trinajstić information content (AvgIpc) is 3.49. The minimum Gasteiger partial charge on any atom is -0.336 e. The lowest BCUT2D eigenvalue weighted by molar-refractivity contribution is 0.0787. The van der Waals surface area contributed by atoms with Crippen LogP contribution in [0.4, 0.5) is 0 Å². The summed E-state index contributed by atoms with van der Waals surface area (Å²) in [4.78, 5) is 14.9. The van der Waals surface area contributed by atoms with Gasteiger partial charge in [0.1, 0.15) is 5.69 Å². The zero-order chi connectivity index (χ0) is 21.2. The molecule has 1 aliphatic heterocycles. The van der Waals surface area contributed by atoms with Gasteiger partial charge in [0, 0.05) is 29.2 Å². The summed E-state index contributed by atoms with van der Waals surface area (Å²) in [7, 11) is 0. The van der Waals surface area contributed by atoms with E-state index < -0.39 is 0 Å². The van der Waals surface area contributed by atoms with Gasteiger partial charge in [-0.05, 0) is 41.8 Å². The van der Waals surface area contributed by atoms with Crippen molar-refractivity contribution in [3.05, 3.63) is 95.6 Å². The second-order valence-electron chi connectivity index (χ2n) is 7.73. The van der Waals surface area contributed by atoms with E-state index in [2.05, 4.69) is 10.3 Å². The first-order chi connectivity index (χ1) is 15.2. The van der Waals surface area contributed by atoms with Crippen molar-refractivity contribution in [3.8, 4) is 22.4 Å². The molecular formula is C25H21ClN4O. The molecule has 1 aliphatic rings. The highest BCUT2D eigenvalue weighted by Crippen LogP contribution is 2.26. The quantitative estimate of drug-likeness (QED) is 0.440. The minimum atomic E-state index is 0.0449. The van der Waals surface area contributed by atoms with Crippen molar-refractivity contribution in [1.29, 1.82) is 0 Å². The third-order valence-corrected chi connectivity index (χ3v) is 5.93. The van der Waals surface area contributed by atoms with Gasteiger partial charge in [0.25, 0.3) is 5.91 Å². The first-order valence-corrected chi connectivity index (χ1v) is 10.7. The van der Waals surface area contributed by atoms with Gasteiger partial charge in [0.2, 0.25) is 0 Å². The fourth-order valence-corrected chi connectivity index (χ4v) is 4.18. The molecule has 0 N–H and O–H groups in total. The van der Waals surface area contributed by atoms with Crippen LogP contribution in [0.2, 0.25) is 5.02 Å². The second kappa shape index (κ2) is 8.36. The van der Waals surface area contributed by atoms with Crippen LogP contribution < -0.4 is 0 Å². The molecule has 5 nitrogen and oxygen atoms in total. The topological polar surface area (TPSA) is 51.0 Å². The zero-order valence-corrected chi connectivity index (χ0v) is 17.6. The maximum atomic E-state index is 13.0. The molecule has 1 fully saturated rings. The highest BCUT2D eigenvalue weighted by molar-refractivity contribution is 6.30. The smallest absolute Gasteiger partial charge is 0.253 e. The molecule has 0 saturated carbocycles. The molecule has 6 heteroatoms. The molecule has 0 radical (unpaired) electrons.